The topological polar surface area (TPSA) is 84.9 Å². The highest BCUT2D eigenvalue weighted by Crippen LogP contribution is 2.34. The summed E-state index contributed by atoms with van der Waals surface area (Å²) in [7, 11) is 0. The molecule has 0 bridgehead atoms. The summed E-state index contributed by atoms with van der Waals surface area (Å²) in [6.07, 6.45) is 1.62. The van der Waals surface area contributed by atoms with Gasteiger partial charge in [0.2, 0.25) is 5.91 Å². The predicted molar refractivity (Wildman–Crippen MR) is 144 cm³/mol. The van der Waals surface area contributed by atoms with Crippen LogP contribution in [0, 0.1) is 0 Å². The molecule has 3 amide bonds. The summed E-state index contributed by atoms with van der Waals surface area (Å²) >= 11 is 4.21. The largest absolute Gasteiger partial charge is 0.494 e. The van der Waals surface area contributed by atoms with E-state index in [0.717, 1.165) is 26.7 Å². The number of imide groups is 1. The summed E-state index contributed by atoms with van der Waals surface area (Å²) in [4.78, 5) is 39.1. The molecule has 3 aromatic rings. The van der Waals surface area contributed by atoms with Crippen LogP contribution in [0.3, 0.4) is 0 Å². The molecule has 1 N–H and O–H groups in total. The predicted octanol–water partition coefficient (Wildman–Crippen LogP) is 6.10. The third-order valence-electron chi connectivity index (χ3n) is 5.14. The maximum Gasteiger partial charge on any atom is 0.294 e. The Morgan fingerprint density at radius 1 is 1.00 bits per heavy atom. The standard InChI is InChI=1S/C27H23BrN2O5S/c1-2-34-22-13-11-21(12-14-22)29-25(31)16-30-26(32)24(36-27(30)33)15-19-5-3-4-6-23(19)35-17-18-7-9-20(28)10-8-18/h3-15H,2,16-17H2,1H3,(H,29,31)/b24-15+. The van der Waals surface area contributed by atoms with Crippen molar-refractivity contribution in [1.29, 1.82) is 0 Å². The molecular formula is C27H23BrN2O5S. The molecule has 3 aromatic carbocycles. The Balaban J connectivity index is 1.41. The molecule has 1 heterocycles. The fourth-order valence-corrected chi connectivity index (χ4v) is 4.49. The van der Waals surface area contributed by atoms with Crippen LogP contribution < -0.4 is 14.8 Å². The van der Waals surface area contributed by atoms with Crippen LogP contribution in [0.2, 0.25) is 0 Å². The summed E-state index contributed by atoms with van der Waals surface area (Å²) in [6.45, 7) is 2.40. The Labute approximate surface area is 221 Å². The van der Waals surface area contributed by atoms with Gasteiger partial charge >= 0.3 is 0 Å². The van der Waals surface area contributed by atoms with Crippen molar-refractivity contribution < 1.29 is 23.9 Å². The van der Waals surface area contributed by atoms with Gasteiger partial charge in [-0.3, -0.25) is 19.3 Å². The van der Waals surface area contributed by atoms with Gasteiger partial charge in [-0.1, -0.05) is 46.3 Å². The average Bonchev–Trinajstić information content (AvgIpc) is 3.13. The highest BCUT2D eigenvalue weighted by molar-refractivity contribution is 9.10. The van der Waals surface area contributed by atoms with Gasteiger partial charge < -0.3 is 14.8 Å². The number of carbonyl (C=O) groups excluding carboxylic acids is 3. The maximum atomic E-state index is 12.9. The quantitative estimate of drug-likeness (QED) is 0.315. The van der Waals surface area contributed by atoms with Gasteiger partial charge in [0, 0.05) is 15.7 Å². The first kappa shape index (κ1) is 25.5. The molecule has 7 nitrogen and oxygen atoms in total. The number of ether oxygens (including phenoxy) is 2. The number of nitrogens with one attached hydrogen (secondary N) is 1. The molecule has 1 fully saturated rings. The van der Waals surface area contributed by atoms with E-state index in [4.69, 9.17) is 9.47 Å². The number of hydrogen-bond acceptors (Lipinski definition) is 6. The van der Waals surface area contributed by atoms with Crippen LogP contribution in [0.5, 0.6) is 11.5 Å². The molecule has 1 aliphatic rings. The van der Waals surface area contributed by atoms with Gasteiger partial charge in [0.05, 0.1) is 11.5 Å². The van der Waals surface area contributed by atoms with Crippen molar-refractivity contribution >= 4 is 56.5 Å². The lowest BCUT2D eigenvalue weighted by Crippen LogP contribution is -2.36. The SMILES string of the molecule is CCOc1ccc(NC(=O)CN2C(=O)S/C(=C/c3ccccc3OCc3ccc(Br)cc3)C2=O)cc1. The molecule has 184 valence electrons. The van der Waals surface area contributed by atoms with E-state index in [0.29, 0.717) is 36.0 Å². The molecule has 1 saturated heterocycles. The van der Waals surface area contributed by atoms with Gasteiger partial charge in [-0.15, -0.1) is 0 Å². The van der Waals surface area contributed by atoms with Crippen molar-refractivity contribution in [3.8, 4) is 11.5 Å². The van der Waals surface area contributed by atoms with Crippen LogP contribution in [-0.4, -0.2) is 35.1 Å². The van der Waals surface area contributed by atoms with Crippen molar-refractivity contribution in [3.63, 3.8) is 0 Å². The number of rotatable bonds is 9. The monoisotopic (exact) mass is 566 g/mol. The lowest BCUT2D eigenvalue weighted by atomic mass is 10.1. The van der Waals surface area contributed by atoms with Gasteiger partial charge in [-0.05, 0) is 72.8 Å². The molecule has 0 spiro atoms. The summed E-state index contributed by atoms with van der Waals surface area (Å²) in [5.41, 5.74) is 2.20. The minimum absolute atomic E-state index is 0.230. The number of hydrogen-bond donors (Lipinski definition) is 1. The number of halogens is 1. The molecule has 0 radical (unpaired) electrons. The zero-order valence-electron chi connectivity index (χ0n) is 19.4. The fraction of sp³-hybridized carbons (Fsp3) is 0.148. The number of nitrogens with zero attached hydrogens (tertiary/aromatic N) is 1. The van der Waals surface area contributed by atoms with Gasteiger partial charge in [-0.2, -0.15) is 0 Å². The van der Waals surface area contributed by atoms with E-state index in [2.05, 4.69) is 21.2 Å². The van der Waals surface area contributed by atoms with E-state index in [9.17, 15) is 14.4 Å². The number of anilines is 1. The Morgan fingerprint density at radius 2 is 1.72 bits per heavy atom. The lowest BCUT2D eigenvalue weighted by Gasteiger charge is -2.13. The Morgan fingerprint density at radius 3 is 2.44 bits per heavy atom. The zero-order chi connectivity index (χ0) is 25.5. The second-order valence-electron chi connectivity index (χ2n) is 7.73. The minimum Gasteiger partial charge on any atom is -0.494 e. The molecule has 0 aliphatic carbocycles. The van der Waals surface area contributed by atoms with Crippen molar-refractivity contribution in [1.82, 2.24) is 4.90 Å². The van der Waals surface area contributed by atoms with E-state index in [1.165, 1.54) is 0 Å². The van der Waals surface area contributed by atoms with Gasteiger partial charge in [-0.25, -0.2) is 0 Å². The number of thioether (sulfide) groups is 1. The molecule has 0 aromatic heterocycles. The first-order valence-corrected chi connectivity index (χ1v) is 12.8. The maximum absolute atomic E-state index is 12.9. The second kappa shape index (κ2) is 11.9. The van der Waals surface area contributed by atoms with E-state index in [1.807, 2.05) is 49.4 Å². The fourth-order valence-electron chi connectivity index (χ4n) is 3.40. The molecule has 0 atom stereocenters. The van der Waals surface area contributed by atoms with Crippen LogP contribution in [0.1, 0.15) is 18.1 Å². The van der Waals surface area contributed by atoms with Crippen LogP contribution in [-0.2, 0) is 16.2 Å². The van der Waals surface area contributed by atoms with E-state index in [-0.39, 0.29) is 11.4 Å². The molecule has 1 aliphatic heterocycles. The average molecular weight is 567 g/mol. The van der Waals surface area contributed by atoms with Gasteiger partial charge in [0.15, 0.2) is 0 Å². The third-order valence-corrected chi connectivity index (χ3v) is 6.57. The number of amides is 3. The van der Waals surface area contributed by atoms with Crippen molar-refractivity contribution in [2.24, 2.45) is 0 Å². The third kappa shape index (κ3) is 6.56. The Kier molecular flexibility index (Phi) is 8.45. The first-order valence-electron chi connectivity index (χ1n) is 11.2. The molecular weight excluding hydrogens is 544 g/mol. The summed E-state index contributed by atoms with van der Waals surface area (Å²) in [5.74, 6) is 0.281. The normalized spacial score (nSPS) is 14.3. The zero-order valence-corrected chi connectivity index (χ0v) is 21.8. The van der Waals surface area contributed by atoms with Crippen LogP contribution in [0.15, 0.2) is 82.2 Å². The smallest absolute Gasteiger partial charge is 0.294 e. The number of para-hydroxylation sites is 1. The van der Waals surface area contributed by atoms with Crippen LogP contribution in [0.4, 0.5) is 10.5 Å². The second-order valence-corrected chi connectivity index (χ2v) is 9.64. The minimum atomic E-state index is -0.519. The van der Waals surface area contributed by atoms with Gasteiger partial charge in [0.1, 0.15) is 24.7 Å². The van der Waals surface area contributed by atoms with Gasteiger partial charge in [0.25, 0.3) is 11.1 Å². The molecule has 4 rings (SSSR count). The Bertz CT molecular complexity index is 1290. The molecule has 0 saturated carbocycles. The summed E-state index contributed by atoms with van der Waals surface area (Å²) in [6, 6.07) is 21.9. The highest BCUT2D eigenvalue weighted by atomic mass is 79.9. The Hall–Kier alpha value is -3.56. The highest BCUT2D eigenvalue weighted by Gasteiger charge is 2.36. The lowest BCUT2D eigenvalue weighted by molar-refractivity contribution is -0.127. The van der Waals surface area contributed by atoms with Crippen molar-refractivity contribution in [2.45, 2.75) is 13.5 Å². The number of benzene rings is 3. The summed E-state index contributed by atoms with van der Waals surface area (Å²) < 4.78 is 12.3. The van der Waals surface area contributed by atoms with Crippen molar-refractivity contribution in [3.05, 3.63) is 93.3 Å². The van der Waals surface area contributed by atoms with Crippen LogP contribution in [0.25, 0.3) is 6.08 Å². The van der Waals surface area contributed by atoms with Crippen molar-refractivity contribution in [2.75, 3.05) is 18.5 Å². The van der Waals surface area contributed by atoms with E-state index < -0.39 is 17.1 Å². The molecule has 0 unspecified atom stereocenters. The molecule has 9 heteroatoms. The number of carbonyl (C=O) groups is 3. The van der Waals surface area contributed by atoms with Crippen LogP contribution >= 0.6 is 27.7 Å². The summed E-state index contributed by atoms with van der Waals surface area (Å²) in [5, 5.41) is 2.20. The van der Waals surface area contributed by atoms with E-state index >= 15 is 0 Å². The van der Waals surface area contributed by atoms with E-state index in [1.54, 1.807) is 36.4 Å². The molecule has 36 heavy (non-hydrogen) atoms. The first-order chi connectivity index (χ1) is 17.4.